The maximum Gasteiger partial charge on any atom is 0.146 e. The zero-order valence-corrected chi connectivity index (χ0v) is 11.0. The molecule has 0 aliphatic heterocycles. The third-order valence-corrected chi connectivity index (χ3v) is 2.92. The summed E-state index contributed by atoms with van der Waals surface area (Å²) in [5.41, 5.74) is 0.960. The highest BCUT2D eigenvalue weighted by Crippen LogP contribution is 2.25. The van der Waals surface area contributed by atoms with Gasteiger partial charge in [-0.3, -0.25) is 0 Å². The quantitative estimate of drug-likeness (QED) is 0.906. The first-order chi connectivity index (χ1) is 9.10. The average molecular weight is 284 g/mol. The van der Waals surface area contributed by atoms with Gasteiger partial charge in [-0.1, -0.05) is 17.7 Å². The van der Waals surface area contributed by atoms with Gasteiger partial charge in [-0.15, -0.1) is 0 Å². The fourth-order valence-corrected chi connectivity index (χ4v) is 1.93. The van der Waals surface area contributed by atoms with E-state index >= 15 is 0 Å². The Morgan fingerprint density at radius 1 is 1.16 bits per heavy atom. The van der Waals surface area contributed by atoms with E-state index in [4.69, 9.17) is 16.3 Å². The van der Waals surface area contributed by atoms with Gasteiger partial charge in [0.15, 0.2) is 0 Å². The second kappa shape index (κ2) is 5.89. The second-order valence-corrected chi connectivity index (χ2v) is 4.35. The first-order valence-corrected chi connectivity index (χ1v) is 5.99. The molecule has 0 heterocycles. The minimum absolute atomic E-state index is 0.118. The highest BCUT2D eigenvalue weighted by Gasteiger charge is 2.05. The van der Waals surface area contributed by atoms with Crippen LogP contribution in [-0.2, 0) is 6.54 Å². The molecule has 1 N–H and O–H groups in total. The zero-order chi connectivity index (χ0) is 13.8. The summed E-state index contributed by atoms with van der Waals surface area (Å²) in [6.45, 7) is 0.337. The molecule has 0 radical (unpaired) electrons. The van der Waals surface area contributed by atoms with Gasteiger partial charge in [0.25, 0.3) is 0 Å². The Labute approximate surface area is 115 Å². The summed E-state index contributed by atoms with van der Waals surface area (Å²) in [5, 5.41) is 3.29. The van der Waals surface area contributed by atoms with Gasteiger partial charge in [-0.2, -0.15) is 0 Å². The molecule has 5 heteroatoms. The van der Waals surface area contributed by atoms with E-state index < -0.39 is 11.6 Å². The van der Waals surface area contributed by atoms with Gasteiger partial charge in [0.05, 0.1) is 17.8 Å². The molecule has 0 saturated heterocycles. The third kappa shape index (κ3) is 3.35. The summed E-state index contributed by atoms with van der Waals surface area (Å²) in [7, 11) is 1.53. The van der Waals surface area contributed by atoms with Gasteiger partial charge in [0, 0.05) is 6.54 Å². The summed E-state index contributed by atoms with van der Waals surface area (Å²) in [5.74, 6) is -0.417. The molecule has 0 bridgehead atoms. The van der Waals surface area contributed by atoms with Crippen LogP contribution in [0.4, 0.5) is 14.5 Å². The molecule has 19 heavy (non-hydrogen) atoms. The van der Waals surface area contributed by atoms with E-state index in [1.165, 1.54) is 7.11 Å². The molecule has 2 aromatic rings. The van der Waals surface area contributed by atoms with Gasteiger partial charge < -0.3 is 10.1 Å². The molecule has 0 spiro atoms. The molecule has 0 atom stereocenters. The van der Waals surface area contributed by atoms with E-state index in [1.54, 1.807) is 18.2 Å². The molecule has 100 valence electrons. The normalized spacial score (nSPS) is 10.3. The van der Waals surface area contributed by atoms with Crippen molar-refractivity contribution in [1.29, 1.82) is 0 Å². The summed E-state index contributed by atoms with van der Waals surface area (Å²) >= 11 is 5.98. The van der Waals surface area contributed by atoms with Gasteiger partial charge in [-0.05, 0) is 35.9 Å². The van der Waals surface area contributed by atoms with E-state index in [2.05, 4.69) is 5.32 Å². The van der Waals surface area contributed by atoms with Crippen LogP contribution in [0.2, 0.25) is 5.02 Å². The van der Waals surface area contributed by atoms with Crippen molar-refractivity contribution >= 4 is 17.3 Å². The lowest BCUT2D eigenvalue weighted by atomic mass is 10.2. The van der Waals surface area contributed by atoms with Crippen LogP contribution in [0.15, 0.2) is 36.4 Å². The maximum absolute atomic E-state index is 13.4. The van der Waals surface area contributed by atoms with E-state index in [0.717, 1.165) is 23.8 Å². The summed E-state index contributed by atoms with van der Waals surface area (Å²) in [6, 6.07) is 8.50. The van der Waals surface area contributed by atoms with Crippen molar-refractivity contribution in [3.8, 4) is 5.75 Å². The van der Waals surface area contributed by atoms with Crippen molar-refractivity contribution in [2.45, 2.75) is 6.54 Å². The minimum atomic E-state index is -0.499. The molecular formula is C14H12ClF2NO. The van der Waals surface area contributed by atoms with Crippen LogP contribution < -0.4 is 10.1 Å². The van der Waals surface area contributed by atoms with Crippen molar-refractivity contribution < 1.29 is 13.5 Å². The number of halogens is 3. The highest BCUT2D eigenvalue weighted by atomic mass is 35.5. The predicted octanol–water partition coefficient (Wildman–Crippen LogP) is 4.24. The average Bonchev–Trinajstić information content (AvgIpc) is 2.40. The number of hydrogen-bond acceptors (Lipinski definition) is 2. The molecule has 2 aromatic carbocycles. The van der Waals surface area contributed by atoms with Gasteiger partial charge in [-0.25, -0.2) is 8.78 Å². The number of rotatable bonds is 4. The number of benzene rings is 2. The Balaban J connectivity index is 2.10. The number of anilines is 1. The Bertz CT molecular complexity index is 590. The first-order valence-electron chi connectivity index (χ1n) is 5.61. The van der Waals surface area contributed by atoms with Gasteiger partial charge in [0.2, 0.25) is 0 Å². The molecule has 0 aromatic heterocycles. The maximum atomic E-state index is 13.4. The number of methoxy groups -OCH3 is 1. The Kier molecular flexibility index (Phi) is 4.22. The van der Waals surface area contributed by atoms with Gasteiger partial charge in [0.1, 0.15) is 17.4 Å². The van der Waals surface area contributed by atoms with E-state index in [9.17, 15) is 8.78 Å². The van der Waals surface area contributed by atoms with Crippen LogP contribution in [0.3, 0.4) is 0 Å². The van der Waals surface area contributed by atoms with Crippen LogP contribution in [0.1, 0.15) is 5.56 Å². The lowest BCUT2D eigenvalue weighted by Crippen LogP contribution is -2.02. The summed E-state index contributed by atoms with van der Waals surface area (Å²) in [6.07, 6.45) is 0. The molecule has 0 amide bonds. The van der Waals surface area contributed by atoms with Crippen LogP contribution in [-0.4, -0.2) is 7.11 Å². The number of hydrogen-bond donors (Lipinski definition) is 1. The lowest BCUT2D eigenvalue weighted by Gasteiger charge is -2.09. The van der Waals surface area contributed by atoms with Crippen LogP contribution in [0, 0.1) is 11.6 Å². The number of ether oxygens (including phenoxy) is 1. The Hall–Kier alpha value is -1.81. The third-order valence-electron chi connectivity index (χ3n) is 2.63. The molecule has 2 rings (SSSR count). The minimum Gasteiger partial charge on any atom is -0.495 e. The largest absolute Gasteiger partial charge is 0.495 e. The topological polar surface area (TPSA) is 21.3 Å². The molecule has 0 fully saturated rings. The van der Waals surface area contributed by atoms with E-state index in [0.29, 0.717) is 17.3 Å². The van der Waals surface area contributed by atoms with E-state index in [-0.39, 0.29) is 5.69 Å². The van der Waals surface area contributed by atoms with Crippen molar-refractivity contribution in [3.05, 3.63) is 58.6 Å². The van der Waals surface area contributed by atoms with Crippen molar-refractivity contribution in [2.24, 2.45) is 0 Å². The first kappa shape index (κ1) is 13.6. The lowest BCUT2D eigenvalue weighted by molar-refractivity contribution is 0.415. The van der Waals surface area contributed by atoms with Crippen molar-refractivity contribution in [1.82, 2.24) is 0 Å². The van der Waals surface area contributed by atoms with Gasteiger partial charge >= 0.3 is 0 Å². The molecule has 0 aliphatic carbocycles. The summed E-state index contributed by atoms with van der Waals surface area (Å²) < 4.78 is 31.4. The second-order valence-electron chi connectivity index (χ2n) is 3.95. The molecule has 0 aliphatic rings. The zero-order valence-electron chi connectivity index (χ0n) is 10.2. The molecule has 0 unspecified atom stereocenters. The van der Waals surface area contributed by atoms with Crippen molar-refractivity contribution in [2.75, 3.05) is 12.4 Å². The molecule has 0 saturated carbocycles. The van der Waals surface area contributed by atoms with E-state index in [1.807, 2.05) is 0 Å². The fraction of sp³-hybridized carbons (Fsp3) is 0.143. The standard InChI is InChI=1S/C14H12ClF2NO/c1-19-14-5-2-9(6-11(14)15)8-18-13-7-10(16)3-4-12(13)17/h2-7,18H,8H2,1H3. The highest BCUT2D eigenvalue weighted by molar-refractivity contribution is 6.32. The monoisotopic (exact) mass is 283 g/mol. The Morgan fingerprint density at radius 2 is 1.95 bits per heavy atom. The molecular weight excluding hydrogens is 272 g/mol. The van der Waals surface area contributed by atoms with Crippen LogP contribution in [0.25, 0.3) is 0 Å². The predicted molar refractivity (Wildman–Crippen MR) is 71.7 cm³/mol. The molecule has 2 nitrogen and oxygen atoms in total. The number of nitrogens with one attached hydrogen (secondary N) is 1. The van der Waals surface area contributed by atoms with Crippen molar-refractivity contribution in [3.63, 3.8) is 0 Å². The fourth-order valence-electron chi connectivity index (χ4n) is 1.65. The Morgan fingerprint density at radius 3 is 2.63 bits per heavy atom. The van der Waals surface area contributed by atoms with Crippen LogP contribution >= 0.6 is 11.6 Å². The smallest absolute Gasteiger partial charge is 0.146 e. The summed E-state index contributed by atoms with van der Waals surface area (Å²) in [4.78, 5) is 0. The van der Waals surface area contributed by atoms with Crippen LogP contribution in [0.5, 0.6) is 5.75 Å². The SMILES string of the molecule is COc1ccc(CNc2cc(F)ccc2F)cc1Cl.